The molecule has 2 rings (SSSR count). The highest BCUT2D eigenvalue weighted by Crippen LogP contribution is 2.28. The average Bonchev–Trinajstić information content (AvgIpc) is 2.84. The molecule has 0 aliphatic heterocycles. The van der Waals surface area contributed by atoms with Gasteiger partial charge < -0.3 is 4.74 Å². The molecular formula is C12H15BrN4O3S. The zero-order valence-corrected chi connectivity index (χ0v) is 13.8. The van der Waals surface area contributed by atoms with E-state index >= 15 is 0 Å². The Balaban J connectivity index is 2.12. The third kappa shape index (κ3) is 4.02. The maximum Gasteiger partial charge on any atom is 0.238 e. The van der Waals surface area contributed by atoms with E-state index in [-0.39, 0.29) is 11.5 Å². The van der Waals surface area contributed by atoms with Gasteiger partial charge in [-0.25, -0.2) is 23.2 Å². The Morgan fingerprint density at radius 3 is 2.81 bits per heavy atom. The Morgan fingerprint density at radius 1 is 1.43 bits per heavy atom. The van der Waals surface area contributed by atoms with E-state index in [2.05, 4.69) is 32.9 Å². The number of ether oxygens (including phenoxy) is 1. The molecule has 0 aliphatic rings. The van der Waals surface area contributed by atoms with E-state index in [4.69, 9.17) is 9.88 Å². The van der Waals surface area contributed by atoms with Crippen molar-refractivity contribution in [3.05, 3.63) is 34.8 Å². The number of aryl methyl sites for hydroxylation is 1. The molecule has 9 heteroatoms. The van der Waals surface area contributed by atoms with E-state index in [1.165, 1.54) is 18.5 Å². The molecule has 7 nitrogen and oxygen atoms in total. The molecule has 0 amide bonds. The van der Waals surface area contributed by atoms with Gasteiger partial charge in [-0.15, -0.1) is 0 Å². The van der Waals surface area contributed by atoms with Crippen LogP contribution in [0.2, 0.25) is 0 Å². The number of nitrogens with two attached hydrogens (primary N) is 1. The van der Waals surface area contributed by atoms with Crippen LogP contribution in [0, 0.1) is 0 Å². The lowest BCUT2D eigenvalue weighted by Crippen LogP contribution is -2.12. The number of sulfonamides is 1. The van der Waals surface area contributed by atoms with Crippen LogP contribution in [0.25, 0.3) is 0 Å². The summed E-state index contributed by atoms with van der Waals surface area (Å²) in [6, 6.07) is 4.35. The summed E-state index contributed by atoms with van der Waals surface area (Å²) < 4.78 is 30.4. The van der Waals surface area contributed by atoms with Crippen molar-refractivity contribution in [1.29, 1.82) is 0 Å². The molecule has 1 heterocycles. The van der Waals surface area contributed by atoms with Gasteiger partial charge >= 0.3 is 0 Å². The van der Waals surface area contributed by atoms with E-state index in [1.807, 2.05) is 0 Å². The third-order valence-electron chi connectivity index (χ3n) is 2.72. The highest BCUT2D eigenvalue weighted by Gasteiger charge is 2.12. The van der Waals surface area contributed by atoms with Crippen LogP contribution in [0.4, 0.5) is 0 Å². The number of primary sulfonamides is 1. The number of aromatic nitrogens is 3. The van der Waals surface area contributed by atoms with Crippen LogP contribution in [0.3, 0.4) is 0 Å². The number of hydrogen-bond acceptors (Lipinski definition) is 5. The summed E-state index contributed by atoms with van der Waals surface area (Å²) in [5.41, 5.74) is 0. The first kappa shape index (κ1) is 15.9. The molecule has 1 aromatic carbocycles. The van der Waals surface area contributed by atoms with Crippen LogP contribution in [0.15, 0.2) is 33.9 Å². The summed E-state index contributed by atoms with van der Waals surface area (Å²) in [5, 5.41) is 9.17. The third-order valence-corrected chi connectivity index (χ3v) is 4.25. The van der Waals surface area contributed by atoms with Crippen molar-refractivity contribution in [2.24, 2.45) is 5.14 Å². The molecule has 114 valence electrons. The lowest BCUT2D eigenvalue weighted by atomic mass is 10.3. The van der Waals surface area contributed by atoms with Crippen LogP contribution < -0.4 is 9.88 Å². The molecule has 2 N–H and O–H groups in total. The molecule has 0 aliphatic carbocycles. The standard InChI is InChI=1S/C12H15BrN4O3S/c1-2-5-17-12(15-8-16-17)7-20-11-4-3-9(6-10(11)13)21(14,18)19/h3-4,6,8H,2,5,7H2,1H3,(H2,14,18,19). The Labute approximate surface area is 131 Å². The van der Waals surface area contributed by atoms with Gasteiger partial charge in [-0.2, -0.15) is 5.10 Å². The molecular weight excluding hydrogens is 360 g/mol. The fourth-order valence-electron chi connectivity index (χ4n) is 1.72. The van der Waals surface area contributed by atoms with Gasteiger partial charge in [0.15, 0.2) is 5.82 Å². The van der Waals surface area contributed by atoms with E-state index in [0.717, 1.165) is 13.0 Å². The molecule has 0 atom stereocenters. The van der Waals surface area contributed by atoms with Crippen molar-refractivity contribution in [1.82, 2.24) is 14.8 Å². The van der Waals surface area contributed by atoms with Gasteiger partial charge in [0.05, 0.1) is 9.37 Å². The van der Waals surface area contributed by atoms with Crippen LogP contribution >= 0.6 is 15.9 Å². The second kappa shape index (κ2) is 6.54. The first-order valence-electron chi connectivity index (χ1n) is 6.23. The van der Waals surface area contributed by atoms with Gasteiger partial charge in [0, 0.05) is 6.54 Å². The normalized spacial score (nSPS) is 11.6. The summed E-state index contributed by atoms with van der Waals surface area (Å²) in [7, 11) is -3.73. The molecule has 0 saturated heterocycles. The van der Waals surface area contributed by atoms with Gasteiger partial charge in [0.1, 0.15) is 18.7 Å². The molecule has 0 spiro atoms. The minimum atomic E-state index is -3.73. The highest BCUT2D eigenvalue weighted by atomic mass is 79.9. The average molecular weight is 375 g/mol. The Hall–Kier alpha value is -1.45. The van der Waals surface area contributed by atoms with Crippen molar-refractivity contribution >= 4 is 26.0 Å². The Bertz CT molecular complexity index is 730. The highest BCUT2D eigenvalue weighted by molar-refractivity contribution is 9.10. The molecule has 2 aromatic rings. The Kier molecular flexibility index (Phi) is 4.96. The fourth-order valence-corrected chi connectivity index (χ4v) is 2.90. The number of nitrogens with zero attached hydrogens (tertiary/aromatic N) is 3. The zero-order chi connectivity index (χ0) is 15.5. The maximum atomic E-state index is 11.3. The summed E-state index contributed by atoms with van der Waals surface area (Å²) in [6.07, 6.45) is 2.43. The topological polar surface area (TPSA) is 100 Å². The molecule has 0 unspecified atom stereocenters. The van der Waals surface area contributed by atoms with E-state index < -0.39 is 10.0 Å². The maximum absolute atomic E-state index is 11.3. The second-order valence-electron chi connectivity index (χ2n) is 4.33. The van der Waals surface area contributed by atoms with Crippen LogP contribution in [-0.4, -0.2) is 23.2 Å². The van der Waals surface area contributed by atoms with E-state index in [0.29, 0.717) is 16.0 Å². The summed E-state index contributed by atoms with van der Waals surface area (Å²) in [6.45, 7) is 3.06. The number of rotatable bonds is 6. The summed E-state index contributed by atoms with van der Waals surface area (Å²) >= 11 is 3.27. The van der Waals surface area contributed by atoms with Crippen molar-refractivity contribution in [2.75, 3.05) is 0 Å². The van der Waals surface area contributed by atoms with Crippen LogP contribution in [0.5, 0.6) is 5.75 Å². The predicted molar refractivity (Wildman–Crippen MR) is 80.2 cm³/mol. The van der Waals surface area contributed by atoms with Gasteiger partial charge in [-0.3, -0.25) is 0 Å². The smallest absolute Gasteiger partial charge is 0.238 e. The quantitative estimate of drug-likeness (QED) is 0.828. The van der Waals surface area contributed by atoms with E-state index in [1.54, 1.807) is 10.7 Å². The molecule has 0 fully saturated rings. The van der Waals surface area contributed by atoms with E-state index in [9.17, 15) is 8.42 Å². The minimum absolute atomic E-state index is 0.0240. The molecule has 21 heavy (non-hydrogen) atoms. The Morgan fingerprint density at radius 2 is 2.19 bits per heavy atom. The molecule has 0 bridgehead atoms. The van der Waals surface area contributed by atoms with Gasteiger partial charge in [0.25, 0.3) is 0 Å². The predicted octanol–water partition coefficient (Wildman–Crippen LogP) is 1.68. The number of halogens is 1. The van der Waals surface area contributed by atoms with Crippen molar-refractivity contribution < 1.29 is 13.2 Å². The molecule has 1 aromatic heterocycles. The zero-order valence-electron chi connectivity index (χ0n) is 11.4. The number of benzene rings is 1. The SMILES string of the molecule is CCCn1ncnc1COc1ccc(S(N)(=O)=O)cc1Br. The van der Waals surface area contributed by atoms with Crippen molar-refractivity contribution in [2.45, 2.75) is 31.4 Å². The minimum Gasteiger partial charge on any atom is -0.484 e. The monoisotopic (exact) mass is 374 g/mol. The lowest BCUT2D eigenvalue weighted by Gasteiger charge is -2.09. The lowest BCUT2D eigenvalue weighted by molar-refractivity contribution is 0.284. The summed E-state index contributed by atoms with van der Waals surface area (Å²) in [4.78, 5) is 4.16. The molecule has 0 radical (unpaired) electrons. The first-order chi connectivity index (χ1) is 9.91. The van der Waals surface area contributed by atoms with Crippen LogP contribution in [-0.2, 0) is 23.2 Å². The first-order valence-corrected chi connectivity index (χ1v) is 8.57. The van der Waals surface area contributed by atoms with Gasteiger partial charge in [-0.05, 0) is 40.5 Å². The largest absolute Gasteiger partial charge is 0.484 e. The van der Waals surface area contributed by atoms with Crippen LogP contribution in [0.1, 0.15) is 19.2 Å². The van der Waals surface area contributed by atoms with Crippen molar-refractivity contribution in [3.8, 4) is 5.75 Å². The second-order valence-corrected chi connectivity index (χ2v) is 6.74. The van der Waals surface area contributed by atoms with Gasteiger partial charge in [-0.1, -0.05) is 6.92 Å². The fraction of sp³-hybridized carbons (Fsp3) is 0.333. The molecule has 0 saturated carbocycles. The van der Waals surface area contributed by atoms with Crippen molar-refractivity contribution in [3.63, 3.8) is 0 Å². The van der Waals surface area contributed by atoms with Gasteiger partial charge in [0.2, 0.25) is 10.0 Å². The summed E-state index contributed by atoms with van der Waals surface area (Å²) in [5.74, 6) is 1.22. The number of hydrogen-bond donors (Lipinski definition) is 1.